The Kier molecular flexibility index (Phi) is 7.53. The average Bonchev–Trinajstić information content (AvgIpc) is 2.26. The molecule has 0 bridgehead atoms. The van der Waals surface area contributed by atoms with E-state index in [2.05, 4.69) is 4.74 Å². The van der Waals surface area contributed by atoms with Gasteiger partial charge in [-0.25, -0.2) is 8.42 Å². The molecule has 0 aliphatic rings. The number of carbonyl (C=O) groups is 2. The minimum atomic E-state index is -3.39. The molecule has 0 aromatic carbocycles. The van der Waals surface area contributed by atoms with Gasteiger partial charge in [-0.1, -0.05) is 0 Å². The summed E-state index contributed by atoms with van der Waals surface area (Å²) in [6.07, 6.45) is 1.01. The van der Waals surface area contributed by atoms with Crippen molar-refractivity contribution < 1.29 is 27.5 Å². The SMILES string of the molecule is COCCN(CCC(=O)OC)C(=O)CS(C)(=O)=O. The van der Waals surface area contributed by atoms with E-state index in [1.54, 1.807) is 0 Å². The van der Waals surface area contributed by atoms with Gasteiger partial charge in [0.15, 0.2) is 9.84 Å². The van der Waals surface area contributed by atoms with Crippen LogP contribution in [0.1, 0.15) is 6.42 Å². The lowest BCUT2D eigenvalue weighted by molar-refractivity contribution is -0.141. The van der Waals surface area contributed by atoms with Crippen molar-refractivity contribution in [3.63, 3.8) is 0 Å². The van der Waals surface area contributed by atoms with Crippen LogP contribution in [0.25, 0.3) is 0 Å². The number of rotatable bonds is 8. The number of carbonyl (C=O) groups excluding carboxylic acids is 2. The lowest BCUT2D eigenvalue weighted by atomic mass is 10.3. The number of nitrogens with zero attached hydrogens (tertiary/aromatic N) is 1. The van der Waals surface area contributed by atoms with Crippen molar-refractivity contribution in [1.29, 1.82) is 0 Å². The molecule has 1 amide bonds. The second-order valence-electron chi connectivity index (χ2n) is 3.77. The summed E-state index contributed by atoms with van der Waals surface area (Å²) in [5.41, 5.74) is 0. The number of sulfone groups is 1. The molecule has 0 N–H and O–H groups in total. The van der Waals surface area contributed by atoms with E-state index in [0.717, 1.165) is 6.26 Å². The van der Waals surface area contributed by atoms with Gasteiger partial charge >= 0.3 is 5.97 Å². The smallest absolute Gasteiger partial charge is 0.307 e. The zero-order valence-electron chi connectivity index (χ0n) is 10.8. The van der Waals surface area contributed by atoms with Gasteiger partial charge in [-0.05, 0) is 0 Å². The molecular weight excluding hydrogens is 262 g/mol. The zero-order valence-corrected chi connectivity index (χ0v) is 11.7. The molecule has 0 radical (unpaired) electrons. The Morgan fingerprint density at radius 1 is 1.17 bits per heavy atom. The summed E-state index contributed by atoms with van der Waals surface area (Å²) in [5.74, 6) is -1.57. The number of esters is 1. The Labute approximate surface area is 107 Å². The van der Waals surface area contributed by atoms with Gasteiger partial charge in [0, 0.05) is 26.5 Å². The minimum absolute atomic E-state index is 0.0235. The van der Waals surface area contributed by atoms with Crippen LogP contribution in [0.5, 0.6) is 0 Å². The number of hydrogen-bond donors (Lipinski definition) is 0. The molecule has 7 nitrogen and oxygen atoms in total. The summed E-state index contributed by atoms with van der Waals surface area (Å²) in [5, 5.41) is 0. The lowest BCUT2D eigenvalue weighted by Gasteiger charge is -2.21. The number of ether oxygens (including phenoxy) is 2. The van der Waals surface area contributed by atoms with Crippen molar-refractivity contribution in [2.75, 3.05) is 45.9 Å². The van der Waals surface area contributed by atoms with E-state index >= 15 is 0 Å². The zero-order chi connectivity index (χ0) is 14.2. The van der Waals surface area contributed by atoms with Crippen LogP contribution in [0, 0.1) is 0 Å². The van der Waals surface area contributed by atoms with E-state index in [4.69, 9.17) is 4.74 Å². The first-order chi connectivity index (χ1) is 8.30. The predicted molar refractivity (Wildman–Crippen MR) is 64.8 cm³/mol. The fourth-order valence-electron chi connectivity index (χ4n) is 1.21. The van der Waals surface area contributed by atoms with Crippen LogP contribution in [0.2, 0.25) is 0 Å². The van der Waals surface area contributed by atoms with Gasteiger partial charge in [-0.2, -0.15) is 0 Å². The average molecular weight is 281 g/mol. The van der Waals surface area contributed by atoms with Gasteiger partial charge in [0.05, 0.1) is 20.1 Å². The summed E-state index contributed by atoms with van der Waals surface area (Å²) in [6, 6.07) is 0. The van der Waals surface area contributed by atoms with Gasteiger partial charge in [0.25, 0.3) is 0 Å². The second-order valence-corrected chi connectivity index (χ2v) is 5.91. The van der Waals surface area contributed by atoms with E-state index in [-0.39, 0.29) is 26.1 Å². The highest BCUT2D eigenvalue weighted by Gasteiger charge is 2.19. The third kappa shape index (κ3) is 8.02. The van der Waals surface area contributed by atoms with Crippen LogP contribution in [-0.2, 0) is 28.9 Å². The van der Waals surface area contributed by atoms with Crippen LogP contribution in [0.15, 0.2) is 0 Å². The maximum absolute atomic E-state index is 11.7. The molecule has 0 aliphatic heterocycles. The molecule has 0 saturated heterocycles. The first-order valence-corrected chi connectivity index (χ1v) is 7.37. The molecule has 0 aromatic rings. The molecule has 0 unspecified atom stereocenters. The van der Waals surface area contributed by atoms with Crippen molar-refractivity contribution in [1.82, 2.24) is 4.90 Å². The van der Waals surface area contributed by atoms with E-state index in [1.165, 1.54) is 19.1 Å². The van der Waals surface area contributed by atoms with Crippen LogP contribution in [-0.4, -0.2) is 71.1 Å². The van der Waals surface area contributed by atoms with E-state index in [1.807, 2.05) is 0 Å². The highest BCUT2D eigenvalue weighted by atomic mass is 32.2. The summed E-state index contributed by atoms with van der Waals surface area (Å²) < 4.78 is 31.4. The van der Waals surface area contributed by atoms with Gasteiger partial charge in [-0.15, -0.1) is 0 Å². The summed E-state index contributed by atoms with van der Waals surface area (Å²) in [4.78, 5) is 24.0. The Morgan fingerprint density at radius 3 is 2.22 bits per heavy atom. The van der Waals surface area contributed by atoms with E-state index in [9.17, 15) is 18.0 Å². The molecule has 0 aromatic heterocycles. The van der Waals surface area contributed by atoms with Crippen molar-refractivity contribution in [2.24, 2.45) is 0 Å². The second kappa shape index (κ2) is 8.04. The van der Waals surface area contributed by atoms with Crippen molar-refractivity contribution in [3.05, 3.63) is 0 Å². The quantitative estimate of drug-likeness (QED) is 0.534. The molecule has 0 spiro atoms. The van der Waals surface area contributed by atoms with Crippen molar-refractivity contribution in [3.8, 4) is 0 Å². The largest absolute Gasteiger partial charge is 0.469 e. The summed E-state index contributed by atoms with van der Waals surface area (Å²) in [7, 11) is -0.664. The van der Waals surface area contributed by atoms with Gasteiger partial charge in [0.1, 0.15) is 5.75 Å². The van der Waals surface area contributed by atoms with Crippen molar-refractivity contribution >= 4 is 21.7 Å². The van der Waals surface area contributed by atoms with Crippen molar-refractivity contribution in [2.45, 2.75) is 6.42 Å². The molecule has 0 fully saturated rings. The normalized spacial score (nSPS) is 11.1. The highest BCUT2D eigenvalue weighted by Crippen LogP contribution is 1.98. The number of hydrogen-bond acceptors (Lipinski definition) is 6. The molecule has 106 valence electrons. The molecular formula is C10H19NO6S. The predicted octanol–water partition coefficient (Wildman–Crippen LogP) is -0.931. The number of amides is 1. The van der Waals surface area contributed by atoms with Gasteiger partial charge in [-0.3, -0.25) is 9.59 Å². The molecule has 0 atom stereocenters. The van der Waals surface area contributed by atoms with E-state index < -0.39 is 27.5 Å². The molecule has 0 rings (SSSR count). The summed E-state index contributed by atoms with van der Waals surface area (Å²) >= 11 is 0. The highest BCUT2D eigenvalue weighted by molar-refractivity contribution is 7.91. The van der Waals surface area contributed by atoms with Crippen LogP contribution in [0.4, 0.5) is 0 Å². The van der Waals surface area contributed by atoms with Crippen LogP contribution < -0.4 is 0 Å². The fraction of sp³-hybridized carbons (Fsp3) is 0.800. The first kappa shape index (κ1) is 16.9. The third-order valence-electron chi connectivity index (χ3n) is 2.12. The lowest BCUT2D eigenvalue weighted by Crippen LogP contribution is -2.39. The molecule has 0 aliphatic carbocycles. The Morgan fingerprint density at radius 2 is 1.78 bits per heavy atom. The fourth-order valence-corrected chi connectivity index (χ4v) is 1.84. The molecule has 0 saturated carbocycles. The Balaban J connectivity index is 4.46. The standard InChI is InChI=1S/C10H19NO6S/c1-16-7-6-11(5-4-10(13)17-2)9(12)8-18(3,14)15/h4-8H2,1-3H3. The Hall–Kier alpha value is -1.15. The minimum Gasteiger partial charge on any atom is -0.469 e. The third-order valence-corrected chi connectivity index (χ3v) is 2.89. The van der Waals surface area contributed by atoms with Gasteiger partial charge in [0.2, 0.25) is 5.91 Å². The molecule has 18 heavy (non-hydrogen) atoms. The molecule has 0 heterocycles. The molecule has 8 heteroatoms. The monoisotopic (exact) mass is 281 g/mol. The number of methoxy groups -OCH3 is 2. The van der Waals surface area contributed by atoms with Crippen LogP contribution >= 0.6 is 0 Å². The maximum atomic E-state index is 11.7. The first-order valence-electron chi connectivity index (χ1n) is 5.31. The topological polar surface area (TPSA) is 90.0 Å². The summed E-state index contributed by atoms with van der Waals surface area (Å²) in [6.45, 7) is 0.628. The van der Waals surface area contributed by atoms with E-state index in [0.29, 0.717) is 0 Å². The van der Waals surface area contributed by atoms with Crippen LogP contribution in [0.3, 0.4) is 0 Å². The maximum Gasteiger partial charge on any atom is 0.307 e. The Bertz CT molecular complexity index is 378. The van der Waals surface area contributed by atoms with Gasteiger partial charge < -0.3 is 14.4 Å².